The van der Waals surface area contributed by atoms with E-state index in [4.69, 9.17) is 4.74 Å². The van der Waals surface area contributed by atoms with Gasteiger partial charge in [0, 0.05) is 25.7 Å². The summed E-state index contributed by atoms with van der Waals surface area (Å²) >= 11 is 0. The second kappa shape index (κ2) is 7.45. The molecule has 0 aromatic carbocycles. The fourth-order valence-corrected chi connectivity index (χ4v) is 2.19. The number of hydrogen-bond acceptors (Lipinski definition) is 3. The van der Waals surface area contributed by atoms with Gasteiger partial charge < -0.3 is 15.0 Å². The maximum absolute atomic E-state index is 12.1. The van der Waals surface area contributed by atoms with Gasteiger partial charge in [-0.25, -0.2) is 0 Å². The van der Waals surface area contributed by atoms with E-state index in [0.717, 1.165) is 19.4 Å². The molecule has 0 aliphatic carbocycles. The molecule has 6 heteroatoms. The molecule has 0 aromatic heterocycles. The Hall–Kier alpha value is -0.330. The third-order valence-electron chi connectivity index (χ3n) is 3.24. The van der Waals surface area contributed by atoms with Gasteiger partial charge in [0.25, 0.3) is 0 Å². The number of nitrogens with one attached hydrogen (secondary N) is 1. The molecule has 3 nitrogen and oxygen atoms in total. The normalized spacial score (nSPS) is 24.6. The first-order valence-corrected chi connectivity index (χ1v) is 6.90. The number of alkyl halides is 3. The van der Waals surface area contributed by atoms with Gasteiger partial charge in [0.2, 0.25) is 0 Å². The van der Waals surface area contributed by atoms with Gasteiger partial charge in [-0.15, -0.1) is 0 Å². The summed E-state index contributed by atoms with van der Waals surface area (Å²) in [5.74, 6) is 0. The molecular weight excluding hydrogens is 257 g/mol. The van der Waals surface area contributed by atoms with E-state index in [2.05, 4.69) is 19.2 Å². The quantitative estimate of drug-likeness (QED) is 0.776. The van der Waals surface area contributed by atoms with Gasteiger partial charge in [0.05, 0.1) is 18.6 Å². The molecule has 1 aliphatic heterocycles. The summed E-state index contributed by atoms with van der Waals surface area (Å²) in [5, 5.41) is 3.32. The highest BCUT2D eigenvalue weighted by atomic mass is 19.4. The van der Waals surface area contributed by atoms with Crippen LogP contribution in [0.3, 0.4) is 0 Å². The molecule has 0 amide bonds. The van der Waals surface area contributed by atoms with E-state index in [-0.39, 0.29) is 18.8 Å². The summed E-state index contributed by atoms with van der Waals surface area (Å²) in [5.41, 5.74) is 0. The van der Waals surface area contributed by atoms with Crippen LogP contribution in [0.5, 0.6) is 0 Å². The summed E-state index contributed by atoms with van der Waals surface area (Å²) in [6.45, 7) is 5.60. The Morgan fingerprint density at radius 3 is 2.47 bits per heavy atom. The molecule has 2 atom stereocenters. The van der Waals surface area contributed by atoms with Crippen LogP contribution in [0.15, 0.2) is 0 Å². The lowest BCUT2D eigenvalue weighted by atomic mass is 10.2. The predicted molar refractivity (Wildman–Crippen MR) is 69.2 cm³/mol. The van der Waals surface area contributed by atoms with E-state index in [1.807, 2.05) is 0 Å². The van der Waals surface area contributed by atoms with Crippen LogP contribution in [0.1, 0.15) is 33.1 Å². The molecule has 114 valence electrons. The molecule has 1 rings (SSSR count). The minimum absolute atomic E-state index is 0.0400. The highest BCUT2D eigenvalue weighted by Gasteiger charge is 2.29. The Kier molecular flexibility index (Phi) is 6.56. The van der Waals surface area contributed by atoms with Gasteiger partial charge in [-0.05, 0) is 19.9 Å². The molecule has 1 N–H and O–H groups in total. The Labute approximate surface area is 113 Å². The molecule has 0 aromatic rings. The standard InChI is InChI=1S/C13H25F3N2O/c1-10(2)17-8-11-4-5-12(19-11)9-18(3)7-6-13(14,15)16/h10-12,17H,4-9H2,1-3H3. The van der Waals surface area contributed by atoms with Gasteiger partial charge >= 0.3 is 6.18 Å². The van der Waals surface area contributed by atoms with Gasteiger partial charge in [0.15, 0.2) is 0 Å². The smallest absolute Gasteiger partial charge is 0.372 e. The minimum atomic E-state index is -4.07. The monoisotopic (exact) mass is 282 g/mol. The third-order valence-corrected chi connectivity index (χ3v) is 3.24. The third kappa shape index (κ3) is 7.74. The molecule has 1 aliphatic rings. The molecule has 0 spiro atoms. The zero-order chi connectivity index (χ0) is 14.5. The Balaban J connectivity index is 2.17. The summed E-state index contributed by atoms with van der Waals surface area (Å²) in [6, 6.07) is 0.428. The van der Waals surface area contributed by atoms with Crippen molar-refractivity contribution in [1.82, 2.24) is 10.2 Å². The first kappa shape index (κ1) is 16.7. The van der Waals surface area contributed by atoms with Crippen molar-refractivity contribution in [2.75, 3.05) is 26.7 Å². The Bertz CT molecular complexity index is 259. The lowest BCUT2D eigenvalue weighted by Crippen LogP contribution is -2.35. The molecule has 0 bridgehead atoms. The van der Waals surface area contributed by atoms with Crippen LogP contribution >= 0.6 is 0 Å². The number of rotatable bonds is 7. The van der Waals surface area contributed by atoms with Crippen LogP contribution in [0.4, 0.5) is 13.2 Å². The van der Waals surface area contributed by atoms with Gasteiger partial charge in [-0.2, -0.15) is 13.2 Å². The van der Waals surface area contributed by atoms with Crippen LogP contribution in [0.25, 0.3) is 0 Å². The predicted octanol–water partition coefficient (Wildman–Crippen LogP) is 2.42. The van der Waals surface area contributed by atoms with E-state index in [1.54, 1.807) is 11.9 Å². The maximum atomic E-state index is 12.1. The zero-order valence-corrected chi connectivity index (χ0v) is 12.0. The van der Waals surface area contributed by atoms with E-state index < -0.39 is 12.6 Å². The van der Waals surface area contributed by atoms with E-state index in [0.29, 0.717) is 12.6 Å². The van der Waals surface area contributed by atoms with Gasteiger partial charge in [0.1, 0.15) is 0 Å². The molecule has 1 heterocycles. The molecule has 0 radical (unpaired) electrons. The van der Waals surface area contributed by atoms with Crippen molar-refractivity contribution in [1.29, 1.82) is 0 Å². The van der Waals surface area contributed by atoms with E-state index in [9.17, 15) is 13.2 Å². The second-order valence-electron chi connectivity index (χ2n) is 5.65. The highest BCUT2D eigenvalue weighted by molar-refractivity contribution is 4.78. The number of likely N-dealkylation sites (N-methyl/N-ethyl adjacent to an activating group) is 1. The maximum Gasteiger partial charge on any atom is 0.390 e. The van der Waals surface area contributed by atoms with Crippen molar-refractivity contribution in [3.63, 3.8) is 0 Å². The zero-order valence-electron chi connectivity index (χ0n) is 12.0. The number of ether oxygens (including phenoxy) is 1. The van der Waals surface area contributed by atoms with Crippen LogP contribution in [0, 0.1) is 0 Å². The van der Waals surface area contributed by atoms with Crippen LogP contribution in [-0.4, -0.2) is 56.0 Å². The fourth-order valence-electron chi connectivity index (χ4n) is 2.19. The Morgan fingerprint density at radius 1 is 1.26 bits per heavy atom. The molecule has 19 heavy (non-hydrogen) atoms. The number of nitrogens with zero attached hydrogens (tertiary/aromatic N) is 1. The fraction of sp³-hybridized carbons (Fsp3) is 1.00. The summed E-state index contributed by atoms with van der Waals surface area (Å²) in [6.07, 6.45) is -2.65. The minimum Gasteiger partial charge on any atom is -0.372 e. The van der Waals surface area contributed by atoms with Gasteiger partial charge in [-0.3, -0.25) is 0 Å². The van der Waals surface area contributed by atoms with Crippen LogP contribution in [-0.2, 0) is 4.74 Å². The second-order valence-corrected chi connectivity index (χ2v) is 5.65. The molecule has 1 fully saturated rings. The lowest BCUT2D eigenvalue weighted by molar-refractivity contribution is -0.138. The van der Waals surface area contributed by atoms with Crippen molar-refractivity contribution in [2.24, 2.45) is 0 Å². The van der Waals surface area contributed by atoms with Crippen LogP contribution < -0.4 is 5.32 Å². The van der Waals surface area contributed by atoms with Crippen LogP contribution in [0.2, 0.25) is 0 Å². The topological polar surface area (TPSA) is 24.5 Å². The molecular formula is C13H25F3N2O. The molecule has 2 unspecified atom stereocenters. The van der Waals surface area contributed by atoms with Crippen molar-refractivity contribution < 1.29 is 17.9 Å². The van der Waals surface area contributed by atoms with E-state index >= 15 is 0 Å². The van der Waals surface area contributed by atoms with Crippen molar-refractivity contribution >= 4 is 0 Å². The van der Waals surface area contributed by atoms with Crippen molar-refractivity contribution in [3.05, 3.63) is 0 Å². The Morgan fingerprint density at radius 2 is 1.89 bits per heavy atom. The average Bonchev–Trinajstić information content (AvgIpc) is 2.70. The SMILES string of the molecule is CC(C)NCC1CCC(CN(C)CCC(F)(F)F)O1. The molecule has 1 saturated heterocycles. The highest BCUT2D eigenvalue weighted by Crippen LogP contribution is 2.22. The summed E-state index contributed by atoms with van der Waals surface area (Å²) < 4.78 is 42.1. The van der Waals surface area contributed by atoms with Crippen molar-refractivity contribution in [2.45, 2.75) is 57.5 Å². The van der Waals surface area contributed by atoms with Crippen molar-refractivity contribution in [3.8, 4) is 0 Å². The first-order valence-electron chi connectivity index (χ1n) is 6.90. The summed E-state index contributed by atoms with van der Waals surface area (Å²) in [7, 11) is 1.72. The summed E-state index contributed by atoms with van der Waals surface area (Å²) in [4.78, 5) is 1.70. The largest absolute Gasteiger partial charge is 0.390 e. The average molecular weight is 282 g/mol. The van der Waals surface area contributed by atoms with E-state index in [1.165, 1.54) is 0 Å². The number of halogens is 3. The lowest BCUT2D eigenvalue weighted by Gasteiger charge is -2.22. The number of hydrogen-bond donors (Lipinski definition) is 1. The molecule has 0 saturated carbocycles. The van der Waals surface area contributed by atoms with Gasteiger partial charge in [-0.1, -0.05) is 13.8 Å². The first-order chi connectivity index (χ1) is 8.76.